The molecule has 2 unspecified atom stereocenters. The van der Waals surface area contributed by atoms with Crippen molar-refractivity contribution in [3.05, 3.63) is 18.4 Å². The van der Waals surface area contributed by atoms with Gasteiger partial charge in [-0.3, -0.25) is 0 Å². The highest BCUT2D eigenvalue weighted by Gasteiger charge is 2.58. The molecule has 0 nitrogen and oxygen atoms in total. The zero-order valence-electron chi connectivity index (χ0n) is 14.7. The van der Waals surface area contributed by atoms with Crippen LogP contribution in [0.1, 0.15) is 78.1 Å². The predicted octanol–water partition coefficient (Wildman–Crippen LogP) is 6.38. The fraction of sp³-hybridized carbons (Fsp3) is 0.864. The molecular formula is C22H34. The van der Waals surface area contributed by atoms with E-state index in [0.29, 0.717) is 10.8 Å². The van der Waals surface area contributed by atoms with Gasteiger partial charge in [0.25, 0.3) is 0 Å². The van der Waals surface area contributed by atoms with E-state index in [2.05, 4.69) is 32.2 Å². The topological polar surface area (TPSA) is 0 Å². The lowest BCUT2D eigenvalue weighted by Crippen LogP contribution is -2.53. The van der Waals surface area contributed by atoms with Crippen molar-refractivity contribution >= 4 is 0 Å². The summed E-state index contributed by atoms with van der Waals surface area (Å²) in [7, 11) is 0. The minimum absolute atomic E-state index is 0.614. The van der Waals surface area contributed by atoms with E-state index in [4.69, 9.17) is 0 Å². The molecule has 0 spiro atoms. The van der Waals surface area contributed by atoms with Crippen LogP contribution in [0.2, 0.25) is 0 Å². The van der Waals surface area contributed by atoms with Gasteiger partial charge in [0.2, 0.25) is 0 Å². The zero-order chi connectivity index (χ0) is 15.4. The van der Waals surface area contributed by atoms with Crippen molar-refractivity contribution < 1.29 is 0 Å². The molecule has 7 atom stereocenters. The smallest absolute Gasteiger partial charge is 0.0124 e. The number of hydrogen-bond acceptors (Lipinski definition) is 0. The highest BCUT2D eigenvalue weighted by atomic mass is 14.6. The fourth-order valence-corrected chi connectivity index (χ4v) is 7.82. The van der Waals surface area contributed by atoms with Crippen LogP contribution in [0.5, 0.6) is 0 Å². The Balaban J connectivity index is 1.64. The van der Waals surface area contributed by atoms with Gasteiger partial charge < -0.3 is 0 Å². The first-order chi connectivity index (χ1) is 10.6. The van der Waals surface area contributed by atoms with Gasteiger partial charge in [0.1, 0.15) is 0 Å². The summed E-state index contributed by atoms with van der Waals surface area (Å²) in [5.41, 5.74) is 4.45. The van der Waals surface area contributed by atoms with Crippen LogP contribution in [0.3, 0.4) is 0 Å². The number of rotatable bonds is 1. The summed E-state index contributed by atoms with van der Waals surface area (Å²) in [6.07, 6.45) is 17.2. The normalized spacial score (nSPS) is 53.8. The lowest BCUT2D eigenvalue weighted by atomic mass is 9.44. The average Bonchev–Trinajstić information content (AvgIpc) is 2.89. The van der Waals surface area contributed by atoms with Crippen molar-refractivity contribution in [3.8, 4) is 0 Å². The van der Waals surface area contributed by atoms with Crippen LogP contribution in [-0.4, -0.2) is 0 Å². The third-order valence-corrected chi connectivity index (χ3v) is 8.83. The minimum atomic E-state index is 0.614. The fourth-order valence-electron chi connectivity index (χ4n) is 7.82. The van der Waals surface area contributed by atoms with Crippen molar-refractivity contribution in [1.82, 2.24) is 0 Å². The molecule has 4 rings (SSSR count). The van der Waals surface area contributed by atoms with Crippen LogP contribution in [-0.2, 0) is 0 Å². The summed E-state index contributed by atoms with van der Waals surface area (Å²) in [5.74, 6) is 4.81. The Morgan fingerprint density at radius 3 is 2.50 bits per heavy atom. The van der Waals surface area contributed by atoms with Gasteiger partial charge in [-0.15, -0.1) is 5.73 Å². The first kappa shape index (κ1) is 15.1. The van der Waals surface area contributed by atoms with Gasteiger partial charge in [-0.2, -0.15) is 0 Å². The van der Waals surface area contributed by atoms with Crippen LogP contribution < -0.4 is 0 Å². The molecule has 0 heteroatoms. The molecule has 4 fully saturated rings. The third-order valence-electron chi connectivity index (χ3n) is 8.83. The summed E-state index contributed by atoms with van der Waals surface area (Å²) in [6.45, 7) is 9.17. The quantitative estimate of drug-likeness (QED) is 0.493. The molecule has 0 N–H and O–H groups in total. The first-order valence-electron chi connectivity index (χ1n) is 9.94. The molecule has 0 heterocycles. The number of fused-ring (bicyclic) bond motifs is 5. The van der Waals surface area contributed by atoms with Crippen molar-refractivity contribution in [1.29, 1.82) is 0 Å². The van der Waals surface area contributed by atoms with E-state index in [9.17, 15) is 0 Å². The molecule has 4 aliphatic rings. The molecule has 0 radical (unpaired) electrons. The molecule has 4 aliphatic carbocycles. The van der Waals surface area contributed by atoms with Gasteiger partial charge in [-0.05, 0) is 97.9 Å². The molecule has 0 aromatic rings. The summed E-state index contributed by atoms with van der Waals surface area (Å²) in [6, 6.07) is 0. The van der Waals surface area contributed by atoms with Crippen LogP contribution in [0, 0.1) is 40.4 Å². The molecule has 4 saturated carbocycles. The summed E-state index contributed by atoms with van der Waals surface area (Å²) >= 11 is 0. The maximum absolute atomic E-state index is 3.87. The third kappa shape index (κ3) is 2.02. The summed E-state index contributed by atoms with van der Waals surface area (Å²) in [5, 5.41) is 0. The van der Waals surface area contributed by atoms with Gasteiger partial charge in [0.15, 0.2) is 0 Å². The lowest BCUT2D eigenvalue weighted by molar-refractivity contribution is -0.114. The standard InChI is InChI=1S/C22H34/c1-4-7-16-8-5-14-22(3)18(16)11-10-17-19-9-6-13-21(19,2)15-12-20(17)22/h7,16-20H,1,5-6,8-15H2,2-3H3/t16?,17-,18?,19-,20-,21-,22-/m0/s1. The van der Waals surface area contributed by atoms with E-state index in [0.717, 1.165) is 29.6 Å². The molecule has 0 bridgehead atoms. The van der Waals surface area contributed by atoms with Crippen LogP contribution >= 0.6 is 0 Å². The van der Waals surface area contributed by atoms with Crippen molar-refractivity contribution in [3.63, 3.8) is 0 Å². The number of allylic oxidation sites excluding steroid dienone is 1. The highest BCUT2D eigenvalue weighted by molar-refractivity contribution is 5.09. The Labute approximate surface area is 137 Å². The molecule has 22 heavy (non-hydrogen) atoms. The minimum Gasteiger partial charge on any atom is -0.133 e. The molecular weight excluding hydrogens is 264 g/mol. The zero-order valence-corrected chi connectivity index (χ0v) is 14.7. The average molecular weight is 299 g/mol. The molecule has 0 aromatic heterocycles. The van der Waals surface area contributed by atoms with Gasteiger partial charge in [0, 0.05) is 0 Å². The SMILES string of the molecule is C=C=CC1CCC[C@@]2(C)C1CC[C@H]1[C@@H]3CCC[C@@]3(C)CC[C@@H]12. The maximum Gasteiger partial charge on any atom is -0.0124 e. The Morgan fingerprint density at radius 2 is 1.68 bits per heavy atom. The van der Waals surface area contributed by atoms with E-state index in [1.165, 1.54) is 64.2 Å². The van der Waals surface area contributed by atoms with Crippen molar-refractivity contribution in [2.45, 2.75) is 78.1 Å². The van der Waals surface area contributed by atoms with E-state index < -0.39 is 0 Å². The van der Waals surface area contributed by atoms with E-state index in [1.807, 2.05) is 0 Å². The molecule has 122 valence electrons. The van der Waals surface area contributed by atoms with Gasteiger partial charge in [-0.25, -0.2) is 0 Å². The van der Waals surface area contributed by atoms with Gasteiger partial charge in [0.05, 0.1) is 0 Å². The summed E-state index contributed by atoms with van der Waals surface area (Å²) < 4.78 is 0. The Hall–Kier alpha value is -0.480. The van der Waals surface area contributed by atoms with Crippen LogP contribution in [0.25, 0.3) is 0 Å². The monoisotopic (exact) mass is 298 g/mol. The Kier molecular flexibility index (Phi) is 3.61. The second-order valence-corrected chi connectivity index (χ2v) is 9.58. The number of hydrogen-bond donors (Lipinski definition) is 0. The second kappa shape index (κ2) is 5.27. The Bertz CT molecular complexity index is 484. The molecule has 0 amide bonds. The van der Waals surface area contributed by atoms with E-state index in [1.54, 1.807) is 0 Å². The molecule has 0 aliphatic heterocycles. The first-order valence-corrected chi connectivity index (χ1v) is 9.94. The van der Waals surface area contributed by atoms with E-state index in [-0.39, 0.29) is 0 Å². The summed E-state index contributed by atoms with van der Waals surface area (Å²) in [4.78, 5) is 0. The Morgan fingerprint density at radius 1 is 0.864 bits per heavy atom. The van der Waals surface area contributed by atoms with Crippen LogP contribution in [0.15, 0.2) is 18.4 Å². The maximum atomic E-state index is 3.87. The van der Waals surface area contributed by atoms with Crippen molar-refractivity contribution in [2.24, 2.45) is 40.4 Å². The molecule has 0 saturated heterocycles. The van der Waals surface area contributed by atoms with Gasteiger partial charge >= 0.3 is 0 Å². The lowest BCUT2D eigenvalue weighted by Gasteiger charge is -2.61. The predicted molar refractivity (Wildman–Crippen MR) is 93.5 cm³/mol. The largest absolute Gasteiger partial charge is 0.133 e. The van der Waals surface area contributed by atoms with Gasteiger partial charge in [-0.1, -0.05) is 33.3 Å². The highest BCUT2D eigenvalue weighted by Crippen LogP contribution is 2.66. The second-order valence-electron chi connectivity index (χ2n) is 9.58. The van der Waals surface area contributed by atoms with Crippen molar-refractivity contribution in [2.75, 3.05) is 0 Å². The van der Waals surface area contributed by atoms with E-state index >= 15 is 0 Å². The van der Waals surface area contributed by atoms with Crippen LogP contribution in [0.4, 0.5) is 0 Å². The molecule has 0 aromatic carbocycles.